The van der Waals surface area contributed by atoms with Gasteiger partial charge in [-0.25, -0.2) is 4.79 Å². The number of fused-ring (bicyclic) bond motifs is 2. The van der Waals surface area contributed by atoms with Crippen molar-refractivity contribution in [3.05, 3.63) is 53.6 Å². The number of aryl methyl sites for hydroxylation is 2. The number of para-hydroxylation sites is 1. The van der Waals surface area contributed by atoms with E-state index in [-0.39, 0.29) is 37.3 Å². The molecule has 0 aromatic heterocycles. The summed E-state index contributed by atoms with van der Waals surface area (Å²) < 4.78 is 5.01. The molecule has 8 nitrogen and oxygen atoms in total. The fraction of sp³-hybridized carbons (Fsp3) is 0.440. The molecule has 2 aromatic rings. The number of nitrogens with one attached hydrogen (secondary N) is 1. The summed E-state index contributed by atoms with van der Waals surface area (Å²) in [6.45, 7) is 6.46. The van der Waals surface area contributed by atoms with Crippen molar-refractivity contribution in [2.45, 2.75) is 19.8 Å². The van der Waals surface area contributed by atoms with Gasteiger partial charge in [-0.3, -0.25) is 24.8 Å². The van der Waals surface area contributed by atoms with Crippen molar-refractivity contribution in [1.29, 1.82) is 0 Å². The minimum absolute atomic E-state index is 0. The molecule has 0 unspecified atom stereocenters. The SMILES string of the molecule is CCOC(=O)Nc1ccc2c(c1)N(C(=O)CN1CCN(CCO)CC1)c1ccccc1CC2.Cl.Cl. The average Bonchev–Trinajstić information content (AvgIpc) is 2.97. The topological polar surface area (TPSA) is 85.4 Å². The van der Waals surface area contributed by atoms with Gasteiger partial charge in [0.05, 0.1) is 31.1 Å². The van der Waals surface area contributed by atoms with Gasteiger partial charge in [0, 0.05) is 38.4 Å². The molecule has 35 heavy (non-hydrogen) atoms. The van der Waals surface area contributed by atoms with Crippen LogP contribution in [0.5, 0.6) is 0 Å². The Hall–Kier alpha value is -2.36. The van der Waals surface area contributed by atoms with Crippen LogP contribution in [0, 0.1) is 0 Å². The third-order valence-corrected chi connectivity index (χ3v) is 6.23. The number of carbonyl (C=O) groups is 2. The summed E-state index contributed by atoms with van der Waals surface area (Å²) >= 11 is 0. The van der Waals surface area contributed by atoms with E-state index in [1.807, 2.05) is 41.3 Å². The number of anilines is 3. The first-order chi connectivity index (χ1) is 16.1. The molecule has 0 aliphatic carbocycles. The highest BCUT2D eigenvalue weighted by Gasteiger charge is 2.28. The predicted octanol–water partition coefficient (Wildman–Crippen LogP) is 3.47. The highest BCUT2D eigenvalue weighted by molar-refractivity contribution is 6.04. The van der Waals surface area contributed by atoms with Crippen LogP contribution < -0.4 is 10.2 Å². The van der Waals surface area contributed by atoms with Crippen molar-refractivity contribution in [2.75, 3.05) is 62.7 Å². The second kappa shape index (κ2) is 13.7. The van der Waals surface area contributed by atoms with E-state index in [9.17, 15) is 9.59 Å². The lowest BCUT2D eigenvalue weighted by Gasteiger charge is -2.35. The second-order valence-corrected chi connectivity index (χ2v) is 8.39. The molecule has 0 atom stereocenters. The number of hydrogen-bond donors (Lipinski definition) is 2. The summed E-state index contributed by atoms with van der Waals surface area (Å²) in [6.07, 6.45) is 1.15. The number of ether oxygens (including phenoxy) is 1. The van der Waals surface area contributed by atoms with Gasteiger partial charge in [0.2, 0.25) is 5.91 Å². The van der Waals surface area contributed by atoms with E-state index in [4.69, 9.17) is 9.84 Å². The first kappa shape index (κ1) is 28.9. The van der Waals surface area contributed by atoms with E-state index >= 15 is 0 Å². The van der Waals surface area contributed by atoms with Crippen LogP contribution in [0.1, 0.15) is 18.1 Å². The number of β-amino-alcohol motifs (C(OH)–C–C–N with tert-alkyl or cyclic N) is 1. The number of carbonyl (C=O) groups excluding carboxylic acids is 2. The number of aliphatic hydroxyl groups excluding tert-OH is 1. The summed E-state index contributed by atoms with van der Waals surface area (Å²) in [6, 6.07) is 13.7. The summed E-state index contributed by atoms with van der Waals surface area (Å²) in [4.78, 5) is 31.9. The maximum atomic E-state index is 13.7. The van der Waals surface area contributed by atoms with Gasteiger partial charge in [0.15, 0.2) is 0 Å². The van der Waals surface area contributed by atoms with Crippen LogP contribution in [0.2, 0.25) is 0 Å². The molecular weight excluding hydrogens is 491 g/mol. The number of benzene rings is 2. The van der Waals surface area contributed by atoms with Crippen LogP contribution in [-0.2, 0) is 22.4 Å². The lowest BCUT2D eigenvalue weighted by atomic mass is 10.0. The third kappa shape index (κ3) is 7.08. The van der Waals surface area contributed by atoms with Crippen molar-refractivity contribution in [3.63, 3.8) is 0 Å². The molecule has 4 rings (SSSR count). The standard InChI is InChI=1S/C25H32N4O4.2ClH/c1-2-33-25(32)26-21-10-9-20-8-7-19-5-3-4-6-22(19)29(23(20)17-21)24(31)18-28-13-11-27(12-14-28)15-16-30;;/h3-6,9-10,17,30H,2,7-8,11-16,18H2,1H3,(H,26,32);2*1H. The number of piperazine rings is 1. The van der Waals surface area contributed by atoms with Crippen molar-refractivity contribution < 1.29 is 19.4 Å². The van der Waals surface area contributed by atoms with Crippen LogP contribution in [-0.4, -0.2) is 79.4 Å². The maximum absolute atomic E-state index is 13.7. The Kier molecular flexibility index (Phi) is 11.3. The van der Waals surface area contributed by atoms with Crippen molar-refractivity contribution in [1.82, 2.24) is 9.80 Å². The van der Waals surface area contributed by atoms with E-state index in [1.54, 1.807) is 6.92 Å². The molecular formula is C25H34Cl2N4O4. The summed E-state index contributed by atoms with van der Waals surface area (Å²) in [5.41, 5.74) is 4.50. The smallest absolute Gasteiger partial charge is 0.411 e. The quantitative estimate of drug-likeness (QED) is 0.601. The molecule has 2 N–H and O–H groups in total. The molecule has 2 heterocycles. The Labute approximate surface area is 219 Å². The number of hydrogen-bond acceptors (Lipinski definition) is 6. The first-order valence-electron chi connectivity index (χ1n) is 11.6. The van der Waals surface area contributed by atoms with Crippen molar-refractivity contribution in [3.8, 4) is 0 Å². The lowest BCUT2D eigenvalue weighted by molar-refractivity contribution is -0.119. The van der Waals surface area contributed by atoms with Crippen LogP contribution in [0.15, 0.2) is 42.5 Å². The minimum Gasteiger partial charge on any atom is -0.450 e. The highest BCUT2D eigenvalue weighted by Crippen LogP contribution is 2.37. The van der Waals surface area contributed by atoms with Gasteiger partial charge in [-0.05, 0) is 49.1 Å². The van der Waals surface area contributed by atoms with Gasteiger partial charge in [0.1, 0.15) is 0 Å². The number of amides is 2. The van der Waals surface area contributed by atoms with E-state index in [1.165, 1.54) is 0 Å². The number of aliphatic hydroxyl groups is 1. The summed E-state index contributed by atoms with van der Waals surface area (Å²) in [7, 11) is 0. The molecule has 0 bridgehead atoms. The Balaban J connectivity index is 0.00000216. The van der Waals surface area contributed by atoms with Gasteiger partial charge < -0.3 is 9.84 Å². The predicted molar refractivity (Wildman–Crippen MR) is 143 cm³/mol. The van der Waals surface area contributed by atoms with Gasteiger partial charge in [-0.15, -0.1) is 24.8 Å². The molecule has 0 spiro atoms. The zero-order chi connectivity index (χ0) is 23.2. The van der Waals surface area contributed by atoms with Crippen LogP contribution >= 0.6 is 24.8 Å². The lowest BCUT2D eigenvalue weighted by Crippen LogP contribution is -2.50. The van der Waals surface area contributed by atoms with Gasteiger partial charge in [-0.1, -0.05) is 24.3 Å². The fourth-order valence-corrected chi connectivity index (χ4v) is 4.53. The van der Waals surface area contributed by atoms with Gasteiger partial charge in [-0.2, -0.15) is 0 Å². The van der Waals surface area contributed by atoms with Crippen LogP contribution in [0.25, 0.3) is 0 Å². The zero-order valence-corrected chi connectivity index (χ0v) is 21.6. The van der Waals surface area contributed by atoms with Crippen LogP contribution in [0.4, 0.5) is 21.9 Å². The molecule has 2 amide bonds. The molecule has 0 radical (unpaired) electrons. The summed E-state index contributed by atoms with van der Waals surface area (Å²) in [5, 5.41) is 11.9. The Morgan fingerprint density at radius 2 is 1.60 bits per heavy atom. The number of halogens is 2. The first-order valence-corrected chi connectivity index (χ1v) is 11.6. The summed E-state index contributed by atoms with van der Waals surface area (Å²) in [5.74, 6) is 0.00879. The monoisotopic (exact) mass is 524 g/mol. The van der Waals surface area contributed by atoms with Gasteiger partial charge >= 0.3 is 6.09 Å². The van der Waals surface area contributed by atoms with Gasteiger partial charge in [0.25, 0.3) is 0 Å². The Bertz CT molecular complexity index is 999. The Morgan fingerprint density at radius 3 is 2.29 bits per heavy atom. The zero-order valence-electron chi connectivity index (χ0n) is 19.9. The molecule has 1 fully saturated rings. The molecule has 0 saturated carbocycles. The molecule has 2 aliphatic rings. The number of nitrogens with zero attached hydrogens (tertiary/aromatic N) is 3. The van der Waals surface area contributed by atoms with E-state index in [0.29, 0.717) is 25.4 Å². The molecule has 10 heteroatoms. The molecule has 192 valence electrons. The molecule has 2 aliphatic heterocycles. The largest absolute Gasteiger partial charge is 0.450 e. The van der Waals surface area contributed by atoms with Crippen molar-refractivity contribution in [2.24, 2.45) is 0 Å². The normalized spacial score (nSPS) is 15.5. The highest BCUT2D eigenvalue weighted by atomic mass is 35.5. The Morgan fingerprint density at radius 1 is 0.943 bits per heavy atom. The van der Waals surface area contributed by atoms with E-state index < -0.39 is 6.09 Å². The molecule has 1 saturated heterocycles. The average molecular weight is 525 g/mol. The van der Waals surface area contributed by atoms with Crippen LogP contribution in [0.3, 0.4) is 0 Å². The maximum Gasteiger partial charge on any atom is 0.411 e. The second-order valence-electron chi connectivity index (χ2n) is 8.39. The third-order valence-electron chi connectivity index (χ3n) is 6.23. The van der Waals surface area contributed by atoms with Crippen molar-refractivity contribution >= 4 is 53.9 Å². The number of rotatable bonds is 6. The van der Waals surface area contributed by atoms with E-state index in [0.717, 1.165) is 61.5 Å². The molecule has 2 aromatic carbocycles. The minimum atomic E-state index is -0.509. The fourth-order valence-electron chi connectivity index (χ4n) is 4.53. The van der Waals surface area contributed by atoms with E-state index in [2.05, 4.69) is 21.2 Å².